The Morgan fingerprint density at radius 2 is 1.85 bits per heavy atom. The number of carbonyl (C=O) groups excluding carboxylic acids is 1. The molecule has 1 aliphatic rings. The summed E-state index contributed by atoms with van der Waals surface area (Å²) in [4.78, 5) is 22.7. The molecular weight excluding hydrogens is 448 g/mol. The van der Waals surface area contributed by atoms with Gasteiger partial charge in [-0.25, -0.2) is 4.98 Å². The molecule has 0 spiro atoms. The number of amides is 1. The van der Waals surface area contributed by atoms with Crippen LogP contribution in [0.4, 0.5) is 5.13 Å². The van der Waals surface area contributed by atoms with E-state index in [1.54, 1.807) is 22.3 Å². The van der Waals surface area contributed by atoms with Crippen LogP contribution in [0.15, 0.2) is 53.1 Å². The lowest BCUT2D eigenvalue weighted by molar-refractivity contribution is 0.0376. The molecule has 7 nitrogen and oxygen atoms in total. The van der Waals surface area contributed by atoms with Crippen LogP contribution in [0.1, 0.15) is 28.0 Å². The van der Waals surface area contributed by atoms with Crippen LogP contribution in [-0.2, 0) is 4.74 Å². The minimum atomic E-state index is -0.192. The number of hydrogen-bond acceptors (Lipinski definition) is 7. The van der Waals surface area contributed by atoms with Crippen molar-refractivity contribution in [3.8, 4) is 11.3 Å². The molecule has 0 radical (unpaired) electrons. The monoisotopic (exact) mass is 476 g/mol. The van der Waals surface area contributed by atoms with Crippen molar-refractivity contribution in [3.05, 3.63) is 65.4 Å². The van der Waals surface area contributed by atoms with Gasteiger partial charge in [-0.2, -0.15) is 0 Å². The number of morpholine rings is 1. The summed E-state index contributed by atoms with van der Waals surface area (Å²) < 4.78 is 12.1. The molecule has 0 atom stereocenters. The molecule has 34 heavy (non-hydrogen) atoms. The third-order valence-electron chi connectivity index (χ3n) is 6.15. The Hall–Kier alpha value is -3.07. The van der Waals surface area contributed by atoms with Gasteiger partial charge >= 0.3 is 0 Å². The molecule has 3 heterocycles. The van der Waals surface area contributed by atoms with Gasteiger partial charge in [-0.15, -0.1) is 0 Å². The third-order valence-corrected chi connectivity index (χ3v) is 7.37. The Kier molecular flexibility index (Phi) is 6.71. The highest BCUT2D eigenvalue weighted by atomic mass is 32.1. The second-order valence-corrected chi connectivity index (χ2v) is 9.56. The van der Waals surface area contributed by atoms with Crippen molar-refractivity contribution in [1.29, 1.82) is 0 Å². The van der Waals surface area contributed by atoms with Crippen LogP contribution in [-0.4, -0.2) is 60.3 Å². The van der Waals surface area contributed by atoms with Crippen molar-refractivity contribution in [1.82, 2.24) is 15.0 Å². The summed E-state index contributed by atoms with van der Waals surface area (Å²) in [5.74, 6) is 0.385. The lowest BCUT2D eigenvalue weighted by Crippen LogP contribution is -2.39. The van der Waals surface area contributed by atoms with Crippen molar-refractivity contribution in [3.63, 3.8) is 0 Å². The number of ether oxygens (including phenoxy) is 1. The van der Waals surface area contributed by atoms with E-state index in [4.69, 9.17) is 14.2 Å². The van der Waals surface area contributed by atoms with Gasteiger partial charge < -0.3 is 9.26 Å². The fourth-order valence-corrected chi connectivity index (χ4v) is 5.31. The first-order chi connectivity index (χ1) is 16.6. The van der Waals surface area contributed by atoms with Crippen molar-refractivity contribution in [2.24, 2.45) is 0 Å². The standard InChI is InChI=1S/C26H28N4O3S/c1-18-9-10-19(2)24-23(18)27-26(34-24)30(12-6-11-29-13-15-32-16-14-29)25(31)21-17-22(33-28-21)20-7-4-3-5-8-20/h3-5,7-10,17H,6,11-16H2,1-2H3. The molecule has 5 rings (SSSR count). The molecule has 0 aliphatic carbocycles. The van der Waals surface area contributed by atoms with E-state index in [1.165, 1.54) is 0 Å². The van der Waals surface area contributed by atoms with Crippen LogP contribution in [0, 0.1) is 13.8 Å². The molecule has 8 heteroatoms. The Morgan fingerprint density at radius 1 is 1.09 bits per heavy atom. The van der Waals surface area contributed by atoms with E-state index in [0.717, 1.165) is 66.2 Å². The fourth-order valence-electron chi connectivity index (χ4n) is 4.18. The van der Waals surface area contributed by atoms with Crippen LogP contribution in [0.5, 0.6) is 0 Å². The number of thiazole rings is 1. The molecule has 1 saturated heterocycles. The number of aryl methyl sites for hydroxylation is 2. The van der Waals surface area contributed by atoms with E-state index in [2.05, 4.69) is 36.0 Å². The number of hydrogen-bond donors (Lipinski definition) is 0. The second kappa shape index (κ2) is 10.0. The lowest BCUT2D eigenvalue weighted by Gasteiger charge is -2.27. The largest absolute Gasteiger partial charge is 0.379 e. The van der Waals surface area contributed by atoms with Crippen LogP contribution < -0.4 is 4.90 Å². The van der Waals surface area contributed by atoms with Gasteiger partial charge in [-0.1, -0.05) is 59.0 Å². The minimum absolute atomic E-state index is 0.192. The molecule has 2 aromatic heterocycles. The molecule has 1 aliphatic heterocycles. The second-order valence-electron chi connectivity index (χ2n) is 8.58. The first kappa shape index (κ1) is 22.7. The molecule has 1 fully saturated rings. The highest BCUT2D eigenvalue weighted by Crippen LogP contribution is 2.34. The predicted molar refractivity (Wildman–Crippen MR) is 135 cm³/mol. The number of anilines is 1. The zero-order chi connectivity index (χ0) is 23.5. The van der Waals surface area contributed by atoms with Crippen LogP contribution >= 0.6 is 11.3 Å². The molecule has 1 amide bonds. The zero-order valence-corrected chi connectivity index (χ0v) is 20.3. The summed E-state index contributed by atoms with van der Waals surface area (Å²) in [6, 6.07) is 15.6. The number of rotatable bonds is 7. The number of aromatic nitrogens is 2. The fraction of sp³-hybridized carbons (Fsp3) is 0.346. The van der Waals surface area contributed by atoms with Gasteiger partial charge in [0.05, 0.1) is 23.4 Å². The van der Waals surface area contributed by atoms with Gasteiger partial charge in [-0.3, -0.25) is 14.6 Å². The summed E-state index contributed by atoms with van der Waals surface area (Å²) in [5.41, 5.74) is 4.41. The van der Waals surface area contributed by atoms with Gasteiger partial charge in [0.1, 0.15) is 0 Å². The molecule has 0 unspecified atom stereocenters. The summed E-state index contributed by atoms with van der Waals surface area (Å²) in [5, 5.41) is 4.81. The normalized spacial score (nSPS) is 14.5. The van der Waals surface area contributed by atoms with Gasteiger partial charge in [-0.05, 0) is 31.4 Å². The number of nitrogens with zero attached hydrogens (tertiary/aromatic N) is 4. The summed E-state index contributed by atoms with van der Waals surface area (Å²) >= 11 is 1.56. The average Bonchev–Trinajstić information content (AvgIpc) is 3.54. The molecule has 4 aromatic rings. The Bertz CT molecular complexity index is 1240. The maximum atomic E-state index is 13.7. The molecule has 0 N–H and O–H groups in total. The Morgan fingerprint density at radius 3 is 2.62 bits per heavy atom. The van der Waals surface area contributed by atoms with E-state index in [9.17, 15) is 4.79 Å². The first-order valence-electron chi connectivity index (χ1n) is 11.6. The minimum Gasteiger partial charge on any atom is -0.379 e. The number of carbonyl (C=O) groups is 1. The molecule has 2 aromatic carbocycles. The van der Waals surface area contributed by atoms with Crippen molar-refractivity contribution < 1.29 is 14.1 Å². The van der Waals surface area contributed by atoms with Crippen LogP contribution in [0.25, 0.3) is 21.5 Å². The number of fused-ring (bicyclic) bond motifs is 1. The Labute approximate surface area is 202 Å². The van der Waals surface area contributed by atoms with Gasteiger partial charge in [0.25, 0.3) is 5.91 Å². The van der Waals surface area contributed by atoms with Crippen LogP contribution in [0.2, 0.25) is 0 Å². The summed E-state index contributed by atoms with van der Waals surface area (Å²) in [6.45, 7) is 8.98. The summed E-state index contributed by atoms with van der Waals surface area (Å²) in [6.07, 6.45) is 0.836. The molecule has 0 saturated carbocycles. The maximum Gasteiger partial charge on any atom is 0.282 e. The smallest absolute Gasteiger partial charge is 0.282 e. The molecular formula is C26H28N4O3S. The number of benzene rings is 2. The van der Waals surface area contributed by atoms with E-state index >= 15 is 0 Å². The molecule has 176 valence electrons. The zero-order valence-electron chi connectivity index (χ0n) is 19.5. The highest BCUT2D eigenvalue weighted by molar-refractivity contribution is 7.22. The topological polar surface area (TPSA) is 71.7 Å². The van der Waals surface area contributed by atoms with E-state index in [1.807, 2.05) is 30.3 Å². The SMILES string of the molecule is Cc1ccc(C)c2sc(N(CCCN3CCOCC3)C(=O)c3cc(-c4ccccc4)on3)nc12. The first-order valence-corrected chi connectivity index (χ1v) is 12.4. The molecule has 0 bridgehead atoms. The third kappa shape index (κ3) is 4.75. The van der Waals surface area contributed by atoms with Gasteiger partial charge in [0.2, 0.25) is 0 Å². The summed E-state index contributed by atoms with van der Waals surface area (Å²) in [7, 11) is 0. The maximum absolute atomic E-state index is 13.7. The Balaban J connectivity index is 1.42. The van der Waals surface area contributed by atoms with E-state index in [0.29, 0.717) is 17.4 Å². The van der Waals surface area contributed by atoms with Crippen molar-refractivity contribution in [2.45, 2.75) is 20.3 Å². The quantitative estimate of drug-likeness (QED) is 0.376. The van der Waals surface area contributed by atoms with Crippen molar-refractivity contribution in [2.75, 3.05) is 44.3 Å². The van der Waals surface area contributed by atoms with Crippen LogP contribution in [0.3, 0.4) is 0 Å². The van der Waals surface area contributed by atoms with Gasteiger partial charge in [0.15, 0.2) is 16.6 Å². The van der Waals surface area contributed by atoms with E-state index in [-0.39, 0.29) is 11.6 Å². The van der Waals surface area contributed by atoms with E-state index < -0.39 is 0 Å². The predicted octanol–water partition coefficient (Wildman–Crippen LogP) is 4.94. The van der Waals surface area contributed by atoms with Gasteiger partial charge in [0, 0.05) is 37.8 Å². The average molecular weight is 477 g/mol. The lowest BCUT2D eigenvalue weighted by atomic mass is 10.1. The van der Waals surface area contributed by atoms with Crippen molar-refractivity contribution >= 4 is 32.6 Å². The highest BCUT2D eigenvalue weighted by Gasteiger charge is 2.25.